The first-order valence-electron chi connectivity index (χ1n) is 5.79. The minimum atomic E-state index is 0.371. The van der Waals surface area contributed by atoms with Crippen molar-refractivity contribution in [3.8, 4) is 0 Å². The molecule has 0 aliphatic heterocycles. The molecule has 0 aliphatic rings. The van der Waals surface area contributed by atoms with E-state index in [2.05, 4.69) is 48.7 Å². The number of hydrogen-bond acceptors (Lipinski definition) is 1. The molecule has 1 atom stereocenters. The molecular formula is C12H20BrClN2. The van der Waals surface area contributed by atoms with E-state index in [9.17, 15) is 0 Å². The third-order valence-electron chi connectivity index (χ3n) is 2.72. The molecule has 4 heteroatoms. The van der Waals surface area contributed by atoms with Crippen LogP contribution >= 0.6 is 27.5 Å². The average Bonchev–Trinajstić information content (AvgIpc) is 2.56. The van der Waals surface area contributed by atoms with Crippen LogP contribution in [0.25, 0.3) is 0 Å². The molecule has 1 rings (SSSR count). The summed E-state index contributed by atoms with van der Waals surface area (Å²) in [6.45, 7) is 8.70. The molecule has 0 saturated heterocycles. The Bertz CT molecular complexity index is 334. The van der Waals surface area contributed by atoms with Crippen molar-refractivity contribution in [3.63, 3.8) is 0 Å². The normalized spacial score (nSPS) is 13.8. The van der Waals surface area contributed by atoms with Crippen LogP contribution in [0.5, 0.6) is 0 Å². The molecule has 0 radical (unpaired) electrons. The second-order valence-electron chi connectivity index (χ2n) is 4.78. The van der Waals surface area contributed by atoms with Crippen LogP contribution < -0.4 is 0 Å². The third kappa shape index (κ3) is 3.49. The highest BCUT2D eigenvalue weighted by Gasteiger charge is 2.15. The lowest BCUT2D eigenvalue weighted by atomic mass is 10.1. The minimum Gasteiger partial charge on any atom is -0.266 e. The van der Waals surface area contributed by atoms with Gasteiger partial charge in [0.05, 0.1) is 16.9 Å². The number of alkyl halides is 1. The van der Waals surface area contributed by atoms with Gasteiger partial charge in [-0.3, -0.25) is 4.68 Å². The second kappa shape index (κ2) is 6.06. The summed E-state index contributed by atoms with van der Waals surface area (Å²) in [6, 6.07) is 0.371. The molecule has 0 bridgehead atoms. The second-order valence-corrected chi connectivity index (χ2v) is 6.36. The molecule has 0 spiro atoms. The van der Waals surface area contributed by atoms with E-state index in [1.807, 2.05) is 4.68 Å². The quantitative estimate of drug-likeness (QED) is 0.734. The summed E-state index contributed by atoms with van der Waals surface area (Å²) in [5.41, 5.74) is 1.15. The Morgan fingerprint density at radius 1 is 1.38 bits per heavy atom. The van der Waals surface area contributed by atoms with Crippen molar-refractivity contribution in [2.24, 2.45) is 5.92 Å². The molecule has 1 aromatic heterocycles. The molecule has 16 heavy (non-hydrogen) atoms. The maximum Gasteiger partial charge on any atom is 0.0817 e. The lowest BCUT2D eigenvalue weighted by Gasteiger charge is -2.15. The lowest BCUT2D eigenvalue weighted by Crippen LogP contribution is -2.12. The van der Waals surface area contributed by atoms with Crippen LogP contribution in [0.1, 0.15) is 45.9 Å². The third-order valence-corrected chi connectivity index (χ3v) is 4.55. The summed E-state index contributed by atoms with van der Waals surface area (Å²) in [6.07, 6.45) is 3.82. The first-order valence-corrected chi connectivity index (χ1v) is 7.08. The van der Waals surface area contributed by atoms with Gasteiger partial charge in [-0.25, -0.2) is 0 Å². The number of halogens is 2. The highest BCUT2D eigenvalue weighted by atomic mass is 79.9. The van der Waals surface area contributed by atoms with E-state index in [1.165, 1.54) is 0 Å². The van der Waals surface area contributed by atoms with Crippen LogP contribution in [0.15, 0.2) is 6.20 Å². The Morgan fingerprint density at radius 2 is 2.00 bits per heavy atom. The summed E-state index contributed by atoms with van der Waals surface area (Å²) in [7, 11) is 0. The van der Waals surface area contributed by atoms with Gasteiger partial charge in [-0.2, -0.15) is 5.10 Å². The topological polar surface area (TPSA) is 17.8 Å². The number of rotatable bonds is 5. The molecule has 1 unspecified atom stereocenters. The zero-order valence-corrected chi connectivity index (χ0v) is 12.7. The molecule has 1 aromatic rings. The maximum atomic E-state index is 6.15. The summed E-state index contributed by atoms with van der Waals surface area (Å²) in [5.74, 6) is 0.647. The van der Waals surface area contributed by atoms with Crippen LogP contribution in [0.4, 0.5) is 0 Å². The summed E-state index contributed by atoms with van der Waals surface area (Å²) < 4.78 is 2.02. The largest absolute Gasteiger partial charge is 0.266 e. The van der Waals surface area contributed by atoms with Crippen molar-refractivity contribution in [1.82, 2.24) is 9.78 Å². The Kier molecular flexibility index (Phi) is 5.32. The smallest absolute Gasteiger partial charge is 0.0817 e. The average molecular weight is 308 g/mol. The van der Waals surface area contributed by atoms with Gasteiger partial charge >= 0.3 is 0 Å². The first-order chi connectivity index (χ1) is 7.43. The Morgan fingerprint density at radius 3 is 2.50 bits per heavy atom. The van der Waals surface area contributed by atoms with Gasteiger partial charge in [0.25, 0.3) is 0 Å². The van der Waals surface area contributed by atoms with Gasteiger partial charge in [-0.05, 0) is 32.6 Å². The van der Waals surface area contributed by atoms with Gasteiger partial charge in [0.2, 0.25) is 0 Å². The van der Waals surface area contributed by atoms with E-state index in [1.54, 1.807) is 6.20 Å². The highest BCUT2D eigenvalue weighted by Crippen LogP contribution is 2.24. The fourth-order valence-electron chi connectivity index (χ4n) is 1.65. The molecule has 1 heterocycles. The van der Waals surface area contributed by atoms with Gasteiger partial charge in [-0.1, -0.05) is 41.4 Å². The summed E-state index contributed by atoms with van der Waals surface area (Å²) >= 11 is 9.85. The van der Waals surface area contributed by atoms with Gasteiger partial charge < -0.3 is 0 Å². The maximum absolute atomic E-state index is 6.15. The Labute approximate surface area is 111 Å². The molecule has 0 N–H and O–H groups in total. The van der Waals surface area contributed by atoms with Crippen LogP contribution in [0, 0.1) is 5.92 Å². The predicted octanol–water partition coefficient (Wildman–Crippen LogP) is 4.47. The van der Waals surface area contributed by atoms with Gasteiger partial charge in [0.15, 0.2) is 0 Å². The lowest BCUT2D eigenvalue weighted by molar-refractivity contribution is 0.496. The van der Waals surface area contributed by atoms with Crippen molar-refractivity contribution < 1.29 is 0 Å². The van der Waals surface area contributed by atoms with Gasteiger partial charge in [0.1, 0.15) is 0 Å². The monoisotopic (exact) mass is 306 g/mol. The van der Waals surface area contributed by atoms with Crippen molar-refractivity contribution >= 4 is 27.5 Å². The van der Waals surface area contributed by atoms with Gasteiger partial charge in [0, 0.05) is 10.9 Å². The van der Waals surface area contributed by atoms with Gasteiger partial charge in [-0.15, -0.1) is 0 Å². The van der Waals surface area contributed by atoms with Crippen LogP contribution in [-0.2, 0) is 6.42 Å². The number of aromatic nitrogens is 2. The van der Waals surface area contributed by atoms with E-state index in [-0.39, 0.29) is 0 Å². The SMILES string of the molecule is CC(C)C(Br)CCc1c(Cl)cnn1C(C)C. The molecule has 2 nitrogen and oxygen atoms in total. The van der Waals surface area contributed by atoms with Crippen molar-refractivity contribution in [3.05, 3.63) is 16.9 Å². The molecule has 0 aliphatic carbocycles. The van der Waals surface area contributed by atoms with Crippen LogP contribution in [0.3, 0.4) is 0 Å². The fraction of sp³-hybridized carbons (Fsp3) is 0.750. The van der Waals surface area contributed by atoms with E-state index >= 15 is 0 Å². The number of nitrogens with zero attached hydrogens (tertiary/aromatic N) is 2. The molecule has 0 aromatic carbocycles. The predicted molar refractivity (Wildman–Crippen MR) is 73.5 cm³/mol. The number of hydrogen-bond donors (Lipinski definition) is 0. The molecule has 0 saturated carbocycles. The summed E-state index contributed by atoms with van der Waals surface area (Å²) in [4.78, 5) is 0.541. The highest BCUT2D eigenvalue weighted by molar-refractivity contribution is 9.09. The zero-order valence-electron chi connectivity index (χ0n) is 10.4. The zero-order chi connectivity index (χ0) is 12.3. The molecular weight excluding hydrogens is 288 g/mol. The van der Waals surface area contributed by atoms with Crippen molar-refractivity contribution in [1.29, 1.82) is 0 Å². The Balaban J connectivity index is 2.69. The van der Waals surface area contributed by atoms with Crippen LogP contribution in [-0.4, -0.2) is 14.6 Å². The van der Waals surface area contributed by atoms with Crippen molar-refractivity contribution in [2.45, 2.75) is 51.4 Å². The molecule has 92 valence electrons. The van der Waals surface area contributed by atoms with Crippen molar-refractivity contribution in [2.75, 3.05) is 0 Å². The van der Waals surface area contributed by atoms with E-state index in [4.69, 9.17) is 11.6 Å². The first kappa shape index (κ1) is 14.0. The Hall–Kier alpha value is -0.0200. The fourth-order valence-corrected chi connectivity index (χ4v) is 2.11. The van der Waals surface area contributed by atoms with E-state index in [0.29, 0.717) is 16.8 Å². The summed E-state index contributed by atoms with van der Waals surface area (Å²) in [5, 5.41) is 5.10. The molecule has 0 fully saturated rings. The molecule has 0 amide bonds. The standard InChI is InChI=1S/C12H20BrClN2/c1-8(2)10(13)5-6-12-11(14)7-15-16(12)9(3)4/h7-10H,5-6H2,1-4H3. The van der Waals surface area contributed by atoms with E-state index in [0.717, 1.165) is 23.6 Å². The van der Waals surface area contributed by atoms with Crippen LogP contribution in [0.2, 0.25) is 5.02 Å². The van der Waals surface area contributed by atoms with E-state index < -0.39 is 0 Å². The minimum absolute atomic E-state index is 0.371.